The molecule has 100 valence electrons. The molecule has 5 heteroatoms. The zero-order valence-electron chi connectivity index (χ0n) is 10.00. The van der Waals surface area contributed by atoms with Gasteiger partial charge >= 0.3 is 0 Å². The van der Waals surface area contributed by atoms with Crippen LogP contribution >= 0.6 is 43.5 Å². The summed E-state index contributed by atoms with van der Waals surface area (Å²) in [6.45, 7) is 1.27. The molecule has 0 fully saturated rings. The van der Waals surface area contributed by atoms with Gasteiger partial charge in [0.1, 0.15) is 12.4 Å². The van der Waals surface area contributed by atoms with Crippen molar-refractivity contribution in [1.82, 2.24) is 0 Å². The fourth-order valence-corrected chi connectivity index (χ4v) is 2.98. The van der Waals surface area contributed by atoms with Crippen molar-refractivity contribution in [2.75, 3.05) is 18.5 Å². The van der Waals surface area contributed by atoms with Crippen molar-refractivity contribution in [1.29, 1.82) is 0 Å². The smallest absolute Gasteiger partial charge is 0.147 e. The van der Waals surface area contributed by atoms with Crippen LogP contribution in [0.1, 0.15) is 0 Å². The lowest BCUT2D eigenvalue weighted by molar-refractivity contribution is 0.329. The minimum atomic E-state index is 0.563. The van der Waals surface area contributed by atoms with Crippen molar-refractivity contribution in [3.8, 4) is 5.75 Å². The lowest BCUT2D eigenvalue weighted by Crippen LogP contribution is -2.11. The van der Waals surface area contributed by atoms with Gasteiger partial charge in [-0.05, 0) is 62.2 Å². The van der Waals surface area contributed by atoms with E-state index in [4.69, 9.17) is 16.3 Å². The van der Waals surface area contributed by atoms with Crippen LogP contribution in [0.4, 0.5) is 5.69 Å². The highest BCUT2D eigenvalue weighted by Crippen LogP contribution is 2.32. The first-order valence-electron chi connectivity index (χ1n) is 5.73. The molecular weight excluding hydrogens is 393 g/mol. The molecule has 0 aliphatic carbocycles. The number of anilines is 1. The molecule has 0 unspecified atom stereocenters. The summed E-state index contributed by atoms with van der Waals surface area (Å²) in [5.41, 5.74) is 0.988. The summed E-state index contributed by atoms with van der Waals surface area (Å²) in [6.07, 6.45) is 0. The molecule has 0 atom stereocenters. The molecule has 1 N–H and O–H groups in total. The van der Waals surface area contributed by atoms with E-state index < -0.39 is 0 Å². The van der Waals surface area contributed by atoms with E-state index in [0.717, 1.165) is 25.4 Å². The molecular formula is C14H12Br2ClNO. The van der Waals surface area contributed by atoms with E-state index in [2.05, 4.69) is 37.2 Å². The van der Waals surface area contributed by atoms with Crippen molar-refractivity contribution in [2.24, 2.45) is 0 Å². The van der Waals surface area contributed by atoms with Crippen LogP contribution in [0.25, 0.3) is 0 Å². The lowest BCUT2D eigenvalue weighted by Gasteiger charge is -2.11. The predicted molar refractivity (Wildman–Crippen MR) is 87.3 cm³/mol. The molecule has 0 radical (unpaired) electrons. The van der Waals surface area contributed by atoms with Gasteiger partial charge in [0.05, 0.1) is 8.95 Å². The highest BCUT2D eigenvalue weighted by atomic mass is 79.9. The number of ether oxygens (including phenoxy) is 1. The topological polar surface area (TPSA) is 21.3 Å². The van der Waals surface area contributed by atoms with Crippen molar-refractivity contribution >= 4 is 49.1 Å². The fourth-order valence-electron chi connectivity index (χ4n) is 1.57. The quantitative estimate of drug-likeness (QED) is 0.677. The van der Waals surface area contributed by atoms with E-state index in [-0.39, 0.29) is 0 Å². The summed E-state index contributed by atoms with van der Waals surface area (Å²) in [6, 6.07) is 13.5. The van der Waals surface area contributed by atoms with Gasteiger partial charge in [-0.3, -0.25) is 0 Å². The number of para-hydroxylation sites is 1. The van der Waals surface area contributed by atoms with Gasteiger partial charge in [-0.15, -0.1) is 0 Å². The van der Waals surface area contributed by atoms with E-state index in [0.29, 0.717) is 13.2 Å². The summed E-state index contributed by atoms with van der Waals surface area (Å²) >= 11 is 12.8. The van der Waals surface area contributed by atoms with E-state index in [9.17, 15) is 0 Å². The van der Waals surface area contributed by atoms with E-state index in [1.807, 2.05) is 42.5 Å². The molecule has 0 saturated carbocycles. The Kier molecular flexibility index (Phi) is 5.55. The Bertz CT molecular complexity index is 543. The zero-order valence-corrected chi connectivity index (χ0v) is 13.9. The number of benzene rings is 2. The Hall–Kier alpha value is -0.710. The third-order valence-corrected chi connectivity index (χ3v) is 3.91. The average molecular weight is 406 g/mol. The molecule has 0 amide bonds. The molecule has 0 aromatic heterocycles. The van der Waals surface area contributed by atoms with Gasteiger partial charge in [0.25, 0.3) is 0 Å². The number of nitrogens with one attached hydrogen (secondary N) is 1. The third kappa shape index (κ3) is 4.41. The number of hydrogen-bond donors (Lipinski definition) is 1. The average Bonchev–Trinajstić information content (AvgIpc) is 2.37. The minimum Gasteiger partial charge on any atom is -0.489 e. The first-order chi connectivity index (χ1) is 9.16. The molecule has 0 heterocycles. The molecule has 0 aliphatic heterocycles. The second kappa shape index (κ2) is 7.17. The molecule has 2 aromatic carbocycles. The van der Waals surface area contributed by atoms with Crippen LogP contribution < -0.4 is 10.1 Å². The summed E-state index contributed by atoms with van der Waals surface area (Å²) in [5.74, 6) is 0.815. The number of rotatable bonds is 5. The van der Waals surface area contributed by atoms with Crippen molar-refractivity contribution in [2.45, 2.75) is 0 Å². The van der Waals surface area contributed by atoms with Gasteiger partial charge in [-0.25, -0.2) is 0 Å². The van der Waals surface area contributed by atoms with Gasteiger partial charge in [-0.2, -0.15) is 0 Å². The lowest BCUT2D eigenvalue weighted by atomic mass is 10.3. The molecule has 19 heavy (non-hydrogen) atoms. The Morgan fingerprint density at radius 3 is 2.42 bits per heavy atom. The maximum atomic E-state index is 5.91. The van der Waals surface area contributed by atoms with Crippen LogP contribution in [0.15, 0.2) is 51.4 Å². The molecule has 2 rings (SSSR count). The van der Waals surface area contributed by atoms with Gasteiger partial charge in [-0.1, -0.05) is 23.7 Å². The van der Waals surface area contributed by atoms with Gasteiger partial charge in [0.15, 0.2) is 0 Å². The fraction of sp³-hybridized carbons (Fsp3) is 0.143. The first kappa shape index (κ1) is 14.7. The van der Waals surface area contributed by atoms with Crippen LogP contribution in [0.3, 0.4) is 0 Å². The van der Waals surface area contributed by atoms with E-state index in [1.165, 1.54) is 0 Å². The molecule has 0 saturated heterocycles. The highest BCUT2D eigenvalue weighted by Gasteiger charge is 2.05. The molecule has 2 nitrogen and oxygen atoms in total. The second-order valence-electron chi connectivity index (χ2n) is 3.84. The third-order valence-electron chi connectivity index (χ3n) is 2.42. The Balaban J connectivity index is 1.84. The summed E-state index contributed by atoms with van der Waals surface area (Å²) in [5, 5.41) is 3.98. The van der Waals surface area contributed by atoms with E-state index >= 15 is 0 Å². The molecule has 0 spiro atoms. The maximum absolute atomic E-state index is 5.91. The monoisotopic (exact) mass is 403 g/mol. The van der Waals surface area contributed by atoms with Crippen LogP contribution in [0.2, 0.25) is 5.02 Å². The summed E-state index contributed by atoms with van der Waals surface area (Å²) in [4.78, 5) is 0. The number of halogens is 3. The highest BCUT2D eigenvalue weighted by molar-refractivity contribution is 9.11. The van der Waals surface area contributed by atoms with Crippen molar-refractivity contribution in [3.63, 3.8) is 0 Å². The van der Waals surface area contributed by atoms with Crippen LogP contribution in [-0.4, -0.2) is 13.2 Å². The number of hydrogen-bond acceptors (Lipinski definition) is 2. The van der Waals surface area contributed by atoms with Gasteiger partial charge < -0.3 is 10.1 Å². The summed E-state index contributed by atoms with van der Waals surface area (Å²) in [7, 11) is 0. The SMILES string of the molecule is Clc1cccc(NCCOc2c(Br)cccc2Br)c1. The predicted octanol–water partition coefficient (Wildman–Crippen LogP) is 5.36. The van der Waals surface area contributed by atoms with Gasteiger partial charge in [0, 0.05) is 17.3 Å². The van der Waals surface area contributed by atoms with E-state index in [1.54, 1.807) is 0 Å². The molecule has 0 bridgehead atoms. The van der Waals surface area contributed by atoms with Crippen LogP contribution in [-0.2, 0) is 0 Å². The largest absolute Gasteiger partial charge is 0.489 e. The van der Waals surface area contributed by atoms with Gasteiger partial charge in [0.2, 0.25) is 0 Å². The maximum Gasteiger partial charge on any atom is 0.147 e. The van der Waals surface area contributed by atoms with Crippen LogP contribution in [0.5, 0.6) is 5.75 Å². The zero-order chi connectivity index (χ0) is 13.7. The Morgan fingerprint density at radius 1 is 1.05 bits per heavy atom. The minimum absolute atomic E-state index is 0.563. The summed E-state index contributed by atoms with van der Waals surface area (Å²) < 4.78 is 7.60. The standard InChI is InChI=1S/C14H12Br2ClNO/c15-12-5-2-6-13(16)14(12)19-8-7-18-11-4-1-3-10(17)9-11/h1-6,9,18H,7-8H2. The van der Waals surface area contributed by atoms with Crippen molar-refractivity contribution < 1.29 is 4.74 Å². The molecule has 0 aliphatic rings. The van der Waals surface area contributed by atoms with Crippen LogP contribution in [0, 0.1) is 0 Å². The Labute approximate surface area is 134 Å². The Morgan fingerprint density at radius 2 is 1.74 bits per heavy atom. The molecule has 2 aromatic rings. The second-order valence-corrected chi connectivity index (χ2v) is 5.98. The normalized spacial score (nSPS) is 10.3. The van der Waals surface area contributed by atoms with Crippen molar-refractivity contribution in [3.05, 3.63) is 56.4 Å². The first-order valence-corrected chi connectivity index (χ1v) is 7.69.